The van der Waals surface area contributed by atoms with Crippen molar-refractivity contribution in [1.29, 1.82) is 0 Å². The highest BCUT2D eigenvalue weighted by molar-refractivity contribution is 6.29. The van der Waals surface area contributed by atoms with Crippen LogP contribution in [0, 0.1) is 5.92 Å². The lowest BCUT2D eigenvalue weighted by molar-refractivity contribution is -0.123. The van der Waals surface area contributed by atoms with Crippen LogP contribution in [0.5, 0.6) is 0 Å². The van der Waals surface area contributed by atoms with E-state index >= 15 is 0 Å². The van der Waals surface area contributed by atoms with Crippen molar-refractivity contribution in [3.8, 4) is 0 Å². The third kappa shape index (κ3) is 3.00. The molecule has 0 radical (unpaired) electrons. The van der Waals surface area contributed by atoms with E-state index in [2.05, 4.69) is 18.4 Å². The lowest BCUT2D eigenvalue weighted by atomic mass is 9.93. The Morgan fingerprint density at radius 1 is 1.64 bits per heavy atom. The van der Waals surface area contributed by atoms with Crippen molar-refractivity contribution in [1.82, 2.24) is 4.90 Å². The fourth-order valence-corrected chi connectivity index (χ4v) is 2.01. The van der Waals surface area contributed by atoms with E-state index in [4.69, 9.17) is 17.3 Å². The molecule has 0 aromatic heterocycles. The molecule has 1 fully saturated rings. The highest BCUT2D eigenvalue weighted by atomic mass is 35.5. The van der Waals surface area contributed by atoms with Gasteiger partial charge in [-0.15, -0.1) is 0 Å². The molecule has 0 aromatic carbocycles. The first-order valence-corrected chi connectivity index (χ1v) is 5.25. The Balaban J connectivity index is 2.55. The first kappa shape index (κ1) is 11.5. The molecule has 1 rings (SSSR count). The first-order chi connectivity index (χ1) is 6.50. The van der Waals surface area contributed by atoms with Crippen LogP contribution in [0.25, 0.3) is 0 Å². The lowest BCUT2D eigenvalue weighted by Gasteiger charge is -2.36. The number of rotatable bonds is 3. The first-order valence-electron chi connectivity index (χ1n) is 4.87. The molecule has 0 spiro atoms. The van der Waals surface area contributed by atoms with E-state index in [1.807, 2.05) is 0 Å². The van der Waals surface area contributed by atoms with Crippen LogP contribution in [-0.2, 0) is 4.79 Å². The van der Waals surface area contributed by atoms with Crippen LogP contribution in [0.4, 0.5) is 0 Å². The molecule has 1 amide bonds. The zero-order chi connectivity index (χ0) is 10.7. The van der Waals surface area contributed by atoms with E-state index in [0.717, 1.165) is 12.8 Å². The average Bonchev–Trinajstić information content (AvgIpc) is 2.07. The van der Waals surface area contributed by atoms with Crippen LogP contribution in [0.2, 0.25) is 0 Å². The van der Waals surface area contributed by atoms with Gasteiger partial charge in [0, 0.05) is 24.2 Å². The van der Waals surface area contributed by atoms with Gasteiger partial charge in [-0.3, -0.25) is 9.69 Å². The van der Waals surface area contributed by atoms with Crippen molar-refractivity contribution in [3.05, 3.63) is 11.6 Å². The molecule has 0 aliphatic carbocycles. The van der Waals surface area contributed by atoms with Gasteiger partial charge in [-0.25, -0.2) is 0 Å². The molecule has 1 aliphatic heterocycles. The van der Waals surface area contributed by atoms with E-state index in [9.17, 15) is 4.79 Å². The third-order valence-corrected chi connectivity index (χ3v) is 2.91. The van der Waals surface area contributed by atoms with E-state index in [1.54, 1.807) is 0 Å². The fraction of sp³-hybridized carbons (Fsp3) is 0.700. The van der Waals surface area contributed by atoms with Gasteiger partial charge in [-0.05, 0) is 19.8 Å². The molecule has 4 heteroatoms. The molecule has 14 heavy (non-hydrogen) atoms. The summed E-state index contributed by atoms with van der Waals surface area (Å²) in [6.45, 7) is 7.15. The predicted octanol–water partition coefficient (Wildman–Crippen LogP) is 1.32. The molecule has 2 N–H and O–H groups in total. The van der Waals surface area contributed by atoms with Gasteiger partial charge in [0.05, 0.1) is 5.92 Å². The number of primary amides is 1. The molecule has 0 unspecified atom stereocenters. The number of piperidine rings is 1. The molecule has 2 atom stereocenters. The highest BCUT2D eigenvalue weighted by Gasteiger charge is 2.28. The summed E-state index contributed by atoms with van der Waals surface area (Å²) in [5, 5.41) is 0.613. The summed E-state index contributed by atoms with van der Waals surface area (Å²) in [5.41, 5.74) is 5.28. The van der Waals surface area contributed by atoms with Crippen molar-refractivity contribution in [3.63, 3.8) is 0 Å². The Hall–Kier alpha value is -0.540. The number of nitrogens with two attached hydrogens (primary N) is 1. The topological polar surface area (TPSA) is 46.3 Å². The maximum absolute atomic E-state index is 11.0. The number of halogens is 1. The van der Waals surface area contributed by atoms with Crippen LogP contribution >= 0.6 is 11.6 Å². The van der Waals surface area contributed by atoms with Crippen molar-refractivity contribution < 1.29 is 4.79 Å². The summed E-state index contributed by atoms with van der Waals surface area (Å²) in [5.74, 6) is -0.232. The van der Waals surface area contributed by atoms with Crippen LogP contribution in [0.15, 0.2) is 11.6 Å². The van der Waals surface area contributed by atoms with Gasteiger partial charge in [-0.2, -0.15) is 0 Å². The zero-order valence-corrected chi connectivity index (χ0v) is 9.26. The smallest absolute Gasteiger partial charge is 0.221 e. The molecule has 0 bridgehead atoms. The van der Waals surface area contributed by atoms with Crippen LogP contribution < -0.4 is 5.73 Å². The van der Waals surface area contributed by atoms with Gasteiger partial charge in [0.1, 0.15) is 0 Å². The van der Waals surface area contributed by atoms with Crippen LogP contribution in [-0.4, -0.2) is 29.9 Å². The molecule has 0 aromatic rings. The minimum atomic E-state index is -0.206. The van der Waals surface area contributed by atoms with Crippen molar-refractivity contribution in [2.24, 2.45) is 11.7 Å². The summed E-state index contributed by atoms with van der Waals surface area (Å²) >= 11 is 5.75. The second-order valence-corrected chi connectivity index (χ2v) is 4.51. The molecule has 1 saturated heterocycles. The number of amides is 1. The fourth-order valence-electron chi connectivity index (χ4n) is 1.85. The van der Waals surface area contributed by atoms with E-state index < -0.39 is 0 Å². The number of hydrogen-bond acceptors (Lipinski definition) is 2. The molecular formula is C10H17ClN2O. The predicted molar refractivity (Wildman–Crippen MR) is 57.9 cm³/mol. The summed E-state index contributed by atoms with van der Waals surface area (Å²) < 4.78 is 0. The Labute approximate surface area is 89.9 Å². The minimum Gasteiger partial charge on any atom is -0.369 e. The number of nitrogens with zero attached hydrogens (tertiary/aromatic N) is 1. The van der Waals surface area contributed by atoms with Crippen molar-refractivity contribution in [2.75, 3.05) is 13.1 Å². The largest absolute Gasteiger partial charge is 0.369 e. The average molecular weight is 217 g/mol. The molecule has 1 heterocycles. The standard InChI is InChI=1S/C10H17ClN2O/c1-7(11)5-13-6-9(10(12)14)4-3-8(13)2/h8-9H,1,3-6H2,2H3,(H2,12,14)/t8-,9+/m1/s1. The van der Waals surface area contributed by atoms with Gasteiger partial charge in [0.2, 0.25) is 5.91 Å². The maximum atomic E-state index is 11.0. The molecule has 3 nitrogen and oxygen atoms in total. The van der Waals surface area contributed by atoms with Crippen molar-refractivity contribution >= 4 is 17.5 Å². The summed E-state index contributed by atoms with van der Waals surface area (Å²) in [6, 6.07) is 0.459. The van der Waals surface area contributed by atoms with Gasteiger partial charge in [-0.1, -0.05) is 18.2 Å². The summed E-state index contributed by atoms with van der Waals surface area (Å²) in [4.78, 5) is 13.2. The second-order valence-electron chi connectivity index (χ2n) is 3.97. The third-order valence-electron chi connectivity index (χ3n) is 2.79. The Bertz CT molecular complexity index is 242. The van der Waals surface area contributed by atoms with Gasteiger partial charge < -0.3 is 5.73 Å². The van der Waals surface area contributed by atoms with Gasteiger partial charge in [0.25, 0.3) is 0 Å². The Morgan fingerprint density at radius 2 is 2.29 bits per heavy atom. The Morgan fingerprint density at radius 3 is 2.79 bits per heavy atom. The van der Waals surface area contributed by atoms with Crippen LogP contribution in [0.3, 0.4) is 0 Å². The SMILES string of the molecule is C=C(Cl)CN1C[C@@H](C(N)=O)CC[C@H]1C. The number of carbonyl (C=O) groups excluding carboxylic acids is 1. The van der Waals surface area contributed by atoms with E-state index in [0.29, 0.717) is 24.2 Å². The van der Waals surface area contributed by atoms with Crippen molar-refractivity contribution in [2.45, 2.75) is 25.8 Å². The Kier molecular flexibility index (Phi) is 3.96. The molecule has 80 valence electrons. The maximum Gasteiger partial charge on any atom is 0.221 e. The summed E-state index contributed by atoms with van der Waals surface area (Å²) in [7, 11) is 0. The number of likely N-dealkylation sites (tertiary alicyclic amines) is 1. The van der Waals surface area contributed by atoms with Crippen LogP contribution in [0.1, 0.15) is 19.8 Å². The number of carbonyl (C=O) groups is 1. The molecule has 0 saturated carbocycles. The minimum absolute atomic E-state index is 0.0257. The highest BCUT2D eigenvalue weighted by Crippen LogP contribution is 2.22. The monoisotopic (exact) mass is 216 g/mol. The molecular weight excluding hydrogens is 200 g/mol. The zero-order valence-electron chi connectivity index (χ0n) is 8.50. The second kappa shape index (κ2) is 4.80. The lowest BCUT2D eigenvalue weighted by Crippen LogP contribution is -2.46. The van der Waals surface area contributed by atoms with E-state index in [-0.39, 0.29) is 11.8 Å². The normalized spacial score (nSPS) is 28.7. The quantitative estimate of drug-likeness (QED) is 0.774. The van der Waals surface area contributed by atoms with E-state index in [1.165, 1.54) is 0 Å². The number of hydrogen-bond donors (Lipinski definition) is 1. The molecule has 1 aliphatic rings. The van der Waals surface area contributed by atoms with Gasteiger partial charge >= 0.3 is 0 Å². The van der Waals surface area contributed by atoms with Gasteiger partial charge in [0.15, 0.2) is 0 Å². The summed E-state index contributed by atoms with van der Waals surface area (Å²) in [6.07, 6.45) is 1.89.